The molecule has 3 aliphatic rings. The molecule has 0 N–H and O–H groups in total. The fourth-order valence-corrected chi connectivity index (χ4v) is 3.44. The third kappa shape index (κ3) is 1.31. The van der Waals surface area contributed by atoms with Crippen LogP contribution in [-0.2, 0) is 0 Å². The molecule has 4 rings (SSSR count). The Hall–Kier alpha value is -0.140. The molecule has 0 spiro atoms. The molecule has 0 saturated heterocycles. The summed E-state index contributed by atoms with van der Waals surface area (Å²) in [5.41, 5.74) is 1.99. The Balaban J connectivity index is 2.40. The number of benzene rings is 1. The Bertz CT molecular complexity index is 482. The van der Waals surface area contributed by atoms with E-state index in [0.717, 1.165) is 11.1 Å². The van der Waals surface area contributed by atoms with Crippen LogP contribution in [0, 0.1) is 0 Å². The molecule has 4 heteroatoms. The van der Waals surface area contributed by atoms with Crippen LogP contribution < -0.4 is 0 Å². The van der Waals surface area contributed by atoms with E-state index >= 15 is 0 Å². The van der Waals surface area contributed by atoms with Gasteiger partial charge in [-0.25, -0.2) is 0 Å². The van der Waals surface area contributed by atoms with Crippen LogP contribution in [0.3, 0.4) is 0 Å². The van der Waals surface area contributed by atoms with Gasteiger partial charge in [0.1, 0.15) is 0 Å². The molecule has 16 heavy (non-hydrogen) atoms. The highest BCUT2D eigenvalue weighted by Crippen LogP contribution is 2.52. The van der Waals surface area contributed by atoms with Crippen molar-refractivity contribution in [1.29, 1.82) is 0 Å². The van der Waals surface area contributed by atoms with Crippen molar-refractivity contribution in [3.8, 4) is 0 Å². The van der Waals surface area contributed by atoms with Gasteiger partial charge in [-0.2, -0.15) is 0 Å². The largest absolute Gasteiger partial charge is 0.0823 e. The van der Waals surface area contributed by atoms with Gasteiger partial charge in [0.2, 0.25) is 0 Å². The van der Waals surface area contributed by atoms with Gasteiger partial charge in [-0.15, -0.1) is 0 Å². The fraction of sp³-hybridized carbons (Fsp3) is 0.167. The molecule has 0 aromatic heterocycles. The van der Waals surface area contributed by atoms with Crippen LogP contribution >= 0.6 is 46.4 Å². The van der Waals surface area contributed by atoms with E-state index < -0.39 is 0 Å². The molecule has 2 bridgehead atoms. The molecular formula is C12H6Cl4. The quantitative estimate of drug-likeness (QED) is 0.331. The first-order chi connectivity index (χ1) is 7.61. The zero-order valence-corrected chi connectivity index (χ0v) is 11.0. The maximum atomic E-state index is 6.24. The monoisotopic (exact) mass is 290 g/mol. The first-order valence-corrected chi connectivity index (χ1v) is 6.35. The minimum atomic E-state index is 0.166. The second-order valence-corrected chi connectivity index (χ2v) is 5.42. The van der Waals surface area contributed by atoms with Crippen molar-refractivity contribution in [2.24, 2.45) is 0 Å². The molecule has 0 amide bonds. The zero-order valence-electron chi connectivity index (χ0n) is 7.98. The van der Waals surface area contributed by atoms with Gasteiger partial charge in [-0.3, -0.25) is 0 Å². The number of allylic oxidation sites excluding steroid dienone is 4. The smallest absolute Gasteiger partial charge is 0.0797 e. The summed E-state index contributed by atoms with van der Waals surface area (Å²) in [4.78, 5) is 0. The number of halogens is 4. The lowest BCUT2D eigenvalue weighted by molar-refractivity contribution is 0.878. The lowest BCUT2D eigenvalue weighted by Crippen LogP contribution is -2.14. The van der Waals surface area contributed by atoms with Crippen LogP contribution in [-0.4, -0.2) is 0 Å². The summed E-state index contributed by atoms with van der Waals surface area (Å²) >= 11 is 24.6. The Morgan fingerprint density at radius 3 is 1.19 bits per heavy atom. The van der Waals surface area contributed by atoms with Gasteiger partial charge in [0.05, 0.1) is 20.1 Å². The molecule has 1 aromatic carbocycles. The predicted octanol–water partition coefficient (Wildman–Crippen LogP) is 5.61. The van der Waals surface area contributed by atoms with Crippen molar-refractivity contribution in [2.45, 2.75) is 11.8 Å². The van der Waals surface area contributed by atoms with Crippen molar-refractivity contribution in [3.05, 3.63) is 55.5 Å². The van der Waals surface area contributed by atoms with Crippen LogP contribution in [0.4, 0.5) is 0 Å². The second kappa shape index (κ2) is 3.68. The summed E-state index contributed by atoms with van der Waals surface area (Å²) in [7, 11) is 0. The molecule has 0 unspecified atom stereocenters. The van der Waals surface area contributed by atoms with Crippen molar-refractivity contribution in [1.82, 2.24) is 0 Å². The topological polar surface area (TPSA) is 0 Å². The van der Waals surface area contributed by atoms with Crippen molar-refractivity contribution in [3.63, 3.8) is 0 Å². The van der Waals surface area contributed by atoms with Crippen LogP contribution in [0.25, 0.3) is 0 Å². The number of hydrogen-bond acceptors (Lipinski definition) is 0. The minimum absolute atomic E-state index is 0.166. The molecule has 0 nitrogen and oxygen atoms in total. The SMILES string of the molecule is Clc1c(Cl)c(Cl)c2c(c1Cl)C1C=CC2C=C1. The van der Waals surface area contributed by atoms with E-state index in [4.69, 9.17) is 46.4 Å². The van der Waals surface area contributed by atoms with E-state index in [1.807, 2.05) is 0 Å². The van der Waals surface area contributed by atoms with Gasteiger partial charge in [-0.05, 0) is 11.1 Å². The predicted molar refractivity (Wildman–Crippen MR) is 70.2 cm³/mol. The first kappa shape index (κ1) is 11.0. The van der Waals surface area contributed by atoms with Crippen LogP contribution in [0.1, 0.15) is 23.0 Å². The van der Waals surface area contributed by atoms with Gasteiger partial charge in [0.15, 0.2) is 0 Å². The molecule has 1 aromatic rings. The van der Waals surface area contributed by atoms with E-state index in [1.165, 1.54) is 0 Å². The molecule has 0 aliphatic heterocycles. The highest BCUT2D eigenvalue weighted by molar-refractivity contribution is 6.52. The molecule has 0 atom stereocenters. The van der Waals surface area contributed by atoms with E-state index in [-0.39, 0.29) is 11.8 Å². The van der Waals surface area contributed by atoms with Gasteiger partial charge in [-0.1, -0.05) is 70.7 Å². The third-order valence-electron chi connectivity index (χ3n) is 3.06. The Morgan fingerprint density at radius 2 is 0.875 bits per heavy atom. The maximum Gasteiger partial charge on any atom is 0.0797 e. The fourth-order valence-electron chi connectivity index (χ4n) is 2.31. The summed E-state index contributed by atoms with van der Waals surface area (Å²) in [6.07, 6.45) is 8.44. The number of hydrogen-bond donors (Lipinski definition) is 0. The highest BCUT2D eigenvalue weighted by Gasteiger charge is 2.32. The zero-order chi connectivity index (χ0) is 11.4. The average Bonchev–Trinajstić information content (AvgIpc) is 2.34. The molecule has 82 valence electrons. The third-order valence-corrected chi connectivity index (χ3v) is 4.89. The summed E-state index contributed by atoms with van der Waals surface area (Å²) in [5.74, 6) is 0.333. The summed E-state index contributed by atoms with van der Waals surface area (Å²) in [6.45, 7) is 0. The van der Waals surface area contributed by atoms with Crippen molar-refractivity contribution in [2.75, 3.05) is 0 Å². The standard InChI is InChI=1S/C12H6Cl4/c13-9-7-5-1-2-6(4-3-5)8(7)10(14)12(16)11(9)15/h1-6H. The van der Waals surface area contributed by atoms with Gasteiger partial charge >= 0.3 is 0 Å². The first-order valence-electron chi connectivity index (χ1n) is 4.83. The van der Waals surface area contributed by atoms with Crippen LogP contribution in [0.5, 0.6) is 0 Å². The summed E-state index contributed by atoms with van der Waals surface area (Å²) in [5, 5.41) is 1.74. The Labute approximate surface area is 113 Å². The number of rotatable bonds is 0. The maximum absolute atomic E-state index is 6.24. The molecule has 0 heterocycles. The van der Waals surface area contributed by atoms with E-state index in [1.54, 1.807) is 0 Å². The van der Waals surface area contributed by atoms with Crippen LogP contribution in [0.2, 0.25) is 20.1 Å². The van der Waals surface area contributed by atoms with E-state index in [9.17, 15) is 0 Å². The summed E-state index contributed by atoms with van der Waals surface area (Å²) in [6, 6.07) is 0. The normalized spacial score (nSPS) is 25.0. The summed E-state index contributed by atoms with van der Waals surface area (Å²) < 4.78 is 0. The highest BCUT2D eigenvalue weighted by atomic mass is 35.5. The lowest BCUT2D eigenvalue weighted by atomic mass is 9.76. The molecule has 0 radical (unpaired) electrons. The molecule has 0 saturated carbocycles. The Morgan fingerprint density at radius 1 is 0.562 bits per heavy atom. The van der Waals surface area contributed by atoms with Crippen LogP contribution in [0.15, 0.2) is 24.3 Å². The molecule has 0 fully saturated rings. The van der Waals surface area contributed by atoms with Gasteiger partial charge in [0, 0.05) is 11.8 Å². The van der Waals surface area contributed by atoms with Crippen molar-refractivity contribution < 1.29 is 0 Å². The van der Waals surface area contributed by atoms with E-state index in [2.05, 4.69) is 24.3 Å². The average molecular weight is 292 g/mol. The second-order valence-electron chi connectivity index (χ2n) is 3.90. The molecule has 3 aliphatic carbocycles. The van der Waals surface area contributed by atoms with Crippen molar-refractivity contribution >= 4 is 46.4 Å². The Kier molecular flexibility index (Phi) is 2.52. The lowest BCUT2D eigenvalue weighted by Gasteiger charge is -2.31. The van der Waals surface area contributed by atoms with E-state index in [0.29, 0.717) is 20.1 Å². The molecular weight excluding hydrogens is 286 g/mol. The minimum Gasteiger partial charge on any atom is -0.0823 e. The van der Waals surface area contributed by atoms with Gasteiger partial charge in [0.25, 0.3) is 0 Å². The van der Waals surface area contributed by atoms with Gasteiger partial charge < -0.3 is 0 Å².